The van der Waals surface area contributed by atoms with Gasteiger partial charge in [-0.15, -0.1) is 0 Å². The van der Waals surface area contributed by atoms with Gasteiger partial charge < -0.3 is 14.5 Å². The Morgan fingerprint density at radius 1 is 1.15 bits per heavy atom. The third-order valence-electron chi connectivity index (χ3n) is 4.46. The zero-order chi connectivity index (χ0) is 19.4. The molecule has 3 rings (SSSR count). The van der Waals surface area contributed by atoms with Gasteiger partial charge in [-0.2, -0.15) is 0 Å². The van der Waals surface area contributed by atoms with Crippen molar-refractivity contribution in [3.05, 3.63) is 63.2 Å². The Labute approximate surface area is 162 Å². The Bertz CT molecular complexity index is 833. The van der Waals surface area contributed by atoms with Crippen molar-refractivity contribution < 1.29 is 14.5 Å². The molecule has 1 saturated heterocycles. The van der Waals surface area contributed by atoms with Gasteiger partial charge in [-0.3, -0.25) is 14.9 Å². The minimum atomic E-state index is -0.469. The number of benzene rings is 2. The maximum Gasteiger partial charge on any atom is 0.271 e. The lowest BCUT2D eigenvalue weighted by Crippen LogP contribution is -2.48. The van der Waals surface area contributed by atoms with Crippen LogP contribution in [0.1, 0.15) is 17.3 Å². The smallest absolute Gasteiger partial charge is 0.271 e. The van der Waals surface area contributed by atoms with E-state index >= 15 is 0 Å². The van der Waals surface area contributed by atoms with Crippen molar-refractivity contribution in [3.63, 3.8) is 0 Å². The summed E-state index contributed by atoms with van der Waals surface area (Å²) < 4.78 is 5.40. The number of ether oxygens (including phenoxy) is 1. The van der Waals surface area contributed by atoms with Crippen molar-refractivity contribution >= 4 is 28.9 Å². The lowest BCUT2D eigenvalue weighted by Gasteiger charge is -2.36. The number of non-ortho nitro benzene ring substituents is 1. The second-order valence-corrected chi connectivity index (χ2v) is 6.54. The molecule has 0 atom stereocenters. The van der Waals surface area contributed by atoms with Gasteiger partial charge in [0.05, 0.1) is 22.2 Å². The highest BCUT2D eigenvalue weighted by molar-refractivity contribution is 6.33. The summed E-state index contributed by atoms with van der Waals surface area (Å²) in [5.41, 5.74) is 1.34. The van der Waals surface area contributed by atoms with Crippen LogP contribution < -0.4 is 9.64 Å². The molecule has 2 aromatic rings. The molecule has 1 heterocycles. The molecule has 142 valence electrons. The molecular formula is C19H20ClN3O4. The summed E-state index contributed by atoms with van der Waals surface area (Å²) in [6, 6.07) is 11.6. The number of carbonyl (C=O) groups excluding carboxylic acids is 1. The van der Waals surface area contributed by atoms with Gasteiger partial charge in [0.25, 0.3) is 11.6 Å². The summed E-state index contributed by atoms with van der Waals surface area (Å²) in [5.74, 6) is 0.721. The van der Waals surface area contributed by atoms with Gasteiger partial charge >= 0.3 is 0 Å². The fourth-order valence-corrected chi connectivity index (χ4v) is 3.35. The van der Waals surface area contributed by atoms with Crippen molar-refractivity contribution in [1.29, 1.82) is 0 Å². The van der Waals surface area contributed by atoms with Crippen molar-refractivity contribution in [2.24, 2.45) is 0 Å². The number of halogens is 1. The topological polar surface area (TPSA) is 75.9 Å². The van der Waals surface area contributed by atoms with Gasteiger partial charge in [-0.05, 0) is 37.3 Å². The van der Waals surface area contributed by atoms with E-state index in [0.29, 0.717) is 43.4 Å². The van der Waals surface area contributed by atoms with E-state index in [4.69, 9.17) is 16.3 Å². The maximum absolute atomic E-state index is 12.7. The Balaban J connectivity index is 1.63. The SMILES string of the molecule is CCOc1ccc(C(=O)N2CCN(c3ccc([N+](=O)[O-])cc3Cl)CC2)cc1. The van der Waals surface area contributed by atoms with Crippen molar-refractivity contribution in [3.8, 4) is 5.75 Å². The fourth-order valence-electron chi connectivity index (χ4n) is 3.06. The zero-order valence-corrected chi connectivity index (χ0v) is 15.7. The normalized spacial score (nSPS) is 14.1. The highest BCUT2D eigenvalue weighted by atomic mass is 35.5. The number of carbonyl (C=O) groups is 1. The fraction of sp³-hybridized carbons (Fsp3) is 0.316. The van der Waals surface area contributed by atoms with Crippen LogP contribution in [0.15, 0.2) is 42.5 Å². The zero-order valence-electron chi connectivity index (χ0n) is 14.9. The van der Waals surface area contributed by atoms with Crippen LogP contribution in [0.2, 0.25) is 5.02 Å². The van der Waals surface area contributed by atoms with E-state index in [-0.39, 0.29) is 11.6 Å². The second-order valence-electron chi connectivity index (χ2n) is 6.13. The monoisotopic (exact) mass is 389 g/mol. The number of nitro benzene ring substituents is 1. The second kappa shape index (κ2) is 8.26. The van der Waals surface area contributed by atoms with Crippen LogP contribution in [0.5, 0.6) is 5.75 Å². The van der Waals surface area contributed by atoms with Crippen molar-refractivity contribution in [2.45, 2.75) is 6.92 Å². The van der Waals surface area contributed by atoms with Crippen LogP contribution in [0, 0.1) is 10.1 Å². The number of hydrogen-bond donors (Lipinski definition) is 0. The summed E-state index contributed by atoms with van der Waals surface area (Å²) in [4.78, 5) is 26.9. The number of amides is 1. The Hall–Kier alpha value is -2.80. The van der Waals surface area contributed by atoms with E-state index in [0.717, 1.165) is 11.4 Å². The van der Waals surface area contributed by atoms with Gasteiger partial charge in [0.1, 0.15) is 5.75 Å². The van der Waals surface area contributed by atoms with Crippen molar-refractivity contribution in [1.82, 2.24) is 4.90 Å². The number of nitrogens with zero attached hydrogens (tertiary/aromatic N) is 3. The first-order valence-electron chi connectivity index (χ1n) is 8.70. The average molecular weight is 390 g/mol. The van der Waals surface area contributed by atoms with E-state index in [9.17, 15) is 14.9 Å². The minimum absolute atomic E-state index is 0.0208. The van der Waals surface area contributed by atoms with Crippen molar-refractivity contribution in [2.75, 3.05) is 37.7 Å². The molecule has 2 aromatic carbocycles. The maximum atomic E-state index is 12.7. The van der Waals surface area contributed by atoms with Crippen LogP contribution in [0.4, 0.5) is 11.4 Å². The van der Waals surface area contributed by atoms with E-state index in [1.165, 1.54) is 12.1 Å². The van der Waals surface area contributed by atoms with E-state index in [1.54, 1.807) is 35.2 Å². The Morgan fingerprint density at radius 2 is 1.81 bits per heavy atom. The van der Waals surface area contributed by atoms with E-state index in [1.807, 2.05) is 11.8 Å². The molecule has 0 spiro atoms. The molecule has 0 radical (unpaired) electrons. The third kappa shape index (κ3) is 4.31. The molecule has 7 nitrogen and oxygen atoms in total. The minimum Gasteiger partial charge on any atom is -0.494 e. The molecule has 1 fully saturated rings. The molecule has 1 amide bonds. The van der Waals surface area contributed by atoms with Gasteiger partial charge in [-0.1, -0.05) is 11.6 Å². The lowest BCUT2D eigenvalue weighted by molar-refractivity contribution is -0.384. The quantitative estimate of drug-likeness (QED) is 0.576. The largest absolute Gasteiger partial charge is 0.494 e. The number of anilines is 1. The van der Waals surface area contributed by atoms with E-state index < -0.39 is 4.92 Å². The first-order valence-corrected chi connectivity index (χ1v) is 9.08. The predicted octanol–water partition coefficient (Wildman–Crippen LogP) is 3.61. The molecule has 0 N–H and O–H groups in total. The molecule has 1 aliphatic heterocycles. The van der Waals surface area contributed by atoms with Crippen LogP contribution in [-0.4, -0.2) is 48.5 Å². The molecule has 0 saturated carbocycles. The van der Waals surface area contributed by atoms with Gasteiger partial charge in [0, 0.05) is 43.9 Å². The summed E-state index contributed by atoms with van der Waals surface area (Å²) in [6.07, 6.45) is 0. The van der Waals surface area contributed by atoms with Gasteiger partial charge in [0.15, 0.2) is 0 Å². The standard InChI is InChI=1S/C19H20ClN3O4/c1-2-27-16-6-3-14(4-7-16)19(24)22-11-9-21(10-12-22)18-8-5-15(23(25)26)13-17(18)20/h3-8,13H,2,9-12H2,1H3. The van der Waals surface area contributed by atoms with Gasteiger partial charge in [-0.25, -0.2) is 0 Å². The molecule has 0 unspecified atom stereocenters. The average Bonchev–Trinajstić information content (AvgIpc) is 2.68. The van der Waals surface area contributed by atoms with E-state index in [2.05, 4.69) is 0 Å². The lowest BCUT2D eigenvalue weighted by atomic mass is 10.1. The number of piperazine rings is 1. The molecule has 0 aromatic heterocycles. The first kappa shape index (κ1) is 19.0. The summed E-state index contributed by atoms with van der Waals surface area (Å²) in [6.45, 7) is 4.83. The van der Waals surface area contributed by atoms with Crippen LogP contribution in [0.25, 0.3) is 0 Å². The van der Waals surface area contributed by atoms with Crippen LogP contribution >= 0.6 is 11.6 Å². The first-order chi connectivity index (χ1) is 13.0. The number of nitro groups is 1. The molecule has 8 heteroatoms. The highest BCUT2D eigenvalue weighted by Gasteiger charge is 2.24. The molecule has 1 aliphatic rings. The molecule has 0 bridgehead atoms. The number of hydrogen-bond acceptors (Lipinski definition) is 5. The summed E-state index contributed by atoms with van der Waals surface area (Å²) in [7, 11) is 0. The predicted molar refractivity (Wildman–Crippen MR) is 104 cm³/mol. The molecule has 0 aliphatic carbocycles. The Morgan fingerprint density at radius 3 is 2.37 bits per heavy atom. The van der Waals surface area contributed by atoms with Crippen LogP contribution in [0.3, 0.4) is 0 Å². The van der Waals surface area contributed by atoms with Gasteiger partial charge in [0.2, 0.25) is 0 Å². The summed E-state index contributed by atoms with van der Waals surface area (Å²) in [5, 5.41) is 11.2. The third-order valence-corrected chi connectivity index (χ3v) is 4.76. The number of rotatable bonds is 5. The molecule has 27 heavy (non-hydrogen) atoms. The van der Waals surface area contributed by atoms with Crippen LogP contribution in [-0.2, 0) is 0 Å². The Kier molecular flexibility index (Phi) is 5.81. The summed E-state index contributed by atoms with van der Waals surface area (Å²) >= 11 is 6.20. The molecular weight excluding hydrogens is 370 g/mol. The highest BCUT2D eigenvalue weighted by Crippen LogP contribution is 2.30.